The lowest BCUT2D eigenvalue weighted by Crippen LogP contribution is -2.30. The lowest BCUT2D eigenvalue weighted by atomic mass is 10.2. The van der Waals surface area contributed by atoms with E-state index in [2.05, 4.69) is 10.4 Å². The molecule has 0 aliphatic heterocycles. The number of para-hydroxylation sites is 1. The molecule has 1 aromatic heterocycles. The molecule has 1 heterocycles. The van der Waals surface area contributed by atoms with Gasteiger partial charge in [-0.2, -0.15) is 9.78 Å². The molecule has 2 aromatic carbocycles. The van der Waals surface area contributed by atoms with Gasteiger partial charge in [-0.1, -0.05) is 48.0 Å². The lowest BCUT2D eigenvalue weighted by Gasteiger charge is -2.13. The molecular formula is C20H18ClN3O3. The third-order valence-corrected chi connectivity index (χ3v) is 4.44. The van der Waals surface area contributed by atoms with Crippen LogP contribution in [0.15, 0.2) is 59.4 Å². The van der Waals surface area contributed by atoms with Crippen molar-refractivity contribution in [2.75, 3.05) is 7.11 Å². The van der Waals surface area contributed by atoms with Crippen LogP contribution in [0.25, 0.3) is 5.69 Å². The van der Waals surface area contributed by atoms with Gasteiger partial charge in [0.2, 0.25) is 0 Å². The van der Waals surface area contributed by atoms with E-state index in [0.717, 1.165) is 11.1 Å². The third-order valence-electron chi connectivity index (χ3n) is 4.07. The molecule has 0 spiro atoms. The highest BCUT2D eigenvalue weighted by molar-refractivity contribution is 6.31. The van der Waals surface area contributed by atoms with E-state index >= 15 is 0 Å². The summed E-state index contributed by atoms with van der Waals surface area (Å²) in [7, 11) is 1.39. The SMILES string of the molecule is COc1cc(=O)n(-c2ccccc2C)nc1C(=O)NCc1ccccc1Cl. The summed E-state index contributed by atoms with van der Waals surface area (Å²) in [5, 5.41) is 7.56. The molecule has 0 aliphatic carbocycles. The van der Waals surface area contributed by atoms with Crippen molar-refractivity contribution in [2.24, 2.45) is 0 Å². The van der Waals surface area contributed by atoms with Crippen molar-refractivity contribution in [3.05, 3.63) is 86.8 Å². The Morgan fingerprint density at radius 2 is 1.89 bits per heavy atom. The van der Waals surface area contributed by atoms with Crippen LogP contribution in [0.2, 0.25) is 5.02 Å². The number of halogens is 1. The van der Waals surface area contributed by atoms with Crippen molar-refractivity contribution >= 4 is 17.5 Å². The Labute approximate surface area is 161 Å². The molecule has 0 unspecified atom stereocenters. The van der Waals surface area contributed by atoms with E-state index in [1.165, 1.54) is 17.9 Å². The van der Waals surface area contributed by atoms with Crippen LogP contribution in [-0.4, -0.2) is 22.8 Å². The van der Waals surface area contributed by atoms with Crippen molar-refractivity contribution in [1.29, 1.82) is 0 Å². The quantitative estimate of drug-likeness (QED) is 0.734. The highest BCUT2D eigenvalue weighted by Gasteiger charge is 2.18. The fourth-order valence-corrected chi connectivity index (χ4v) is 2.83. The molecule has 0 aliphatic rings. The molecule has 0 saturated carbocycles. The minimum Gasteiger partial charge on any atom is -0.494 e. The molecule has 6 nitrogen and oxygen atoms in total. The van der Waals surface area contributed by atoms with Crippen LogP contribution >= 0.6 is 11.6 Å². The van der Waals surface area contributed by atoms with E-state index in [9.17, 15) is 9.59 Å². The van der Waals surface area contributed by atoms with Gasteiger partial charge in [-0.05, 0) is 30.2 Å². The van der Waals surface area contributed by atoms with Gasteiger partial charge < -0.3 is 10.1 Å². The Kier molecular flexibility index (Phi) is 5.57. The topological polar surface area (TPSA) is 73.2 Å². The van der Waals surface area contributed by atoms with Gasteiger partial charge >= 0.3 is 0 Å². The molecule has 3 rings (SSSR count). The largest absolute Gasteiger partial charge is 0.494 e. The Morgan fingerprint density at radius 3 is 2.59 bits per heavy atom. The summed E-state index contributed by atoms with van der Waals surface area (Å²) in [5.74, 6) is -0.351. The molecule has 0 saturated heterocycles. The molecule has 1 amide bonds. The maximum absolute atomic E-state index is 12.7. The number of rotatable bonds is 5. The normalized spacial score (nSPS) is 10.5. The number of ether oxygens (including phenoxy) is 1. The van der Waals surface area contributed by atoms with E-state index in [1.54, 1.807) is 18.2 Å². The Balaban J connectivity index is 1.95. The van der Waals surface area contributed by atoms with Crippen LogP contribution in [0.4, 0.5) is 0 Å². The van der Waals surface area contributed by atoms with Gasteiger partial charge in [0, 0.05) is 11.6 Å². The smallest absolute Gasteiger partial charge is 0.275 e. The first-order valence-corrected chi connectivity index (χ1v) is 8.65. The predicted octanol–water partition coefficient (Wildman–Crippen LogP) is 3.13. The Morgan fingerprint density at radius 1 is 1.19 bits per heavy atom. The summed E-state index contributed by atoms with van der Waals surface area (Å²) < 4.78 is 6.38. The zero-order chi connectivity index (χ0) is 19.4. The average Bonchev–Trinajstić information content (AvgIpc) is 2.67. The van der Waals surface area contributed by atoms with Gasteiger partial charge in [-0.15, -0.1) is 0 Å². The summed E-state index contributed by atoms with van der Waals surface area (Å²) in [6.45, 7) is 2.09. The number of hydrogen-bond donors (Lipinski definition) is 1. The number of carbonyl (C=O) groups is 1. The number of aryl methyl sites for hydroxylation is 1. The number of benzene rings is 2. The lowest BCUT2D eigenvalue weighted by molar-refractivity contribution is 0.0940. The number of amides is 1. The summed E-state index contributed by atoms with van der Waals surface area (Å²) in [6.07, 6.45) is 0. The average molecular weight is 384 g/mol. The van der Waals surface area contributed by atoms with Crippen molar-refractivity contribution in [1.82, 2.24) is 15.1 Å². The molecule has 1 N–H and O–H groups in total. The minimum absolute atomic E-state index is 0.0207. The highest BCUT2D eigenvalue weighted by Crippen LogP contribution is 2.17. The molecule has 0 fully saturated rings. The van der Waals surface area contributed by atoms with E-state index in [0.29, 0.717) is 10.7 Å². The fourth-order valence-electron chi connectivity index (χ4n) is 2.63. The number of hydrogen-bond acceptors (Lipinski definition) is 4. The summed E-state index contributed by atoms with van der Waals surface area (Å²) >= 11 is 6.12. The van der Waals surface area contributed by atoms with Crippen LogP contribution in [0.3, 0.4) is 0 Å². The predicted molar refractivity (Wildman–Crippen MR) is 104 cm³/mol. The van der Waals surface area contributed by atoms with Crippen molar-refractivity contribution < 1.29 is 9.53 Å². The molecule has 138 valence electrons. The summed E-state index contributed by atoms with van der Waals surface area (Å²) in [4.78, 5) is 25.1. The van der Waals surface area contributed by atoms with E-state index in [1.807, 2.05) is 37.3 Å². The van der Waals surface area contributed by atoms with E-state index in [-0.39, 0.29) is 23.5 Å². The molecule has 3 aromatic rings. The second-order valence-electron chi connectivity index (χ2n) is 5.87. The zero-order valence-corrected chi connectivity index (χ0v) is 15.7. The Hall–Kier alpha value is -3.12. The van der Waals surface area contributed by atoms with Gasteiger partial charge in [-0.3, -0.25) is 9.59 Å². The number of nitrogens with one attached hydrogen (secondary N) is 1. The van der Waals surface area contributed by atoms with Gasteiger partial charge in [0.25, 0.3) is 11.5 Å². The fraction of sp³-hybridized carbons (Fsp3) is 0.150. The molecule has 0 atom stereocenters. The first kappa shape index (κ1) is 18.7. The maximum atomic E-state index is 12.7. The molecule has 27 heavy (non-hydrogen) atoms. The standard InChI is InChI=1S/C20H18ClN3O3/c1-13-7-3-6-10-16(13)24-18(25)11-17(27-2)19(23-24)20(26)22-12-14-8-4-5-9-15(14)21/h3-11H,12H2,1-2H3,(H,22,26). The first-order chi connectivity index (χ1) is 13.0. The van der Waals surface area contributed by atoms with E-state index in [4.69, 9.17) is 16.3 Å². The van der Waals surface area contributed by atoms with Crippen molar-refractivity contribution in [2.45, 2.75) is 13.5 Å². The van der Waals surface area contributed by atoms with Crippen molar-refractivity contribution in [3.8, 4) is 11.4 Å². The van der Waals surface area contributed by atoms with Gasteiger partial charge in [0.05, 0.1) is 18.9 Å². The zero-order valence-electron chi connectivity index (χ0n) is 14.9. The number of methoxy groups -OCH3 is 1. The second kappa shape index (κ2) is 8.05. The molecule has 7 heteroatoms. The monoisotopic (exact) mass is 383 g/mol. The minimum atomic E-state index is -0.464. The van der Waals surface area contributed by atoms with Gasteiger partial charge in [0.1, 0.15) is 0 Å². The highest BCUT2D eigenvalue weighted by atomic mass is 35.5. The van der Waals surface area contributed by atoms with Crippen LogP contribution in [-0.2, 0) is 6.54 Å². The third kappa shape index (κ3) is 4.01. The van der Waals surface area contributed by atoms with Crippen molar-refractivity contribution in [3.63, 3.8) is 0 Å². The number of aromatic nitrogens is 2. The second-order valence-corrected chi connectivity index (χ2v) is 6.28. The van der Waals surface area contributed by atoms with Crippen LogP contribution in [0, 0.1) is 6.92 Å². The first-order valence-electron chi connectivity index (χ1n) is 8.27. The van der Waals surface area contributed by atoms with Gasteiger partial charge in [0.15, 0.2) is 11.4 Å². The summed E-state index contributed by atoms with van der Waals surface area (Å²) in [6, 6.07) is 15.8. The maximum Gasteiger partial charge on any atom is 0.275 e. The van der Waals surface area contributed by atoms with Gasteiger partial charge in [-0.25, -0.2) is 0 Å². The summed E-state index contributed by atoms with van der Waals surface area (Å²) in [5.41, 5.74) is 1.87. The van der Waals surface area contributed by atoms with Crippen LogP contribution in [0.1, 0.15) is 21.6 Å². The van der Waals surface area contributed by atoms with Crippen LogP contribution < -0.4 is 15.6 Å². The Bertz CT molecular complexity index is 1050. The number of carbonyl (C=O) groups excluding carboxylic acids is 1. The number of nitrogens with zero attached hydrogens (tertiary/aromatic N) is 2. The van der Waals surface area contributed by atoms with Crippen LogP contribution in [0.5, 0.6) is 5.75 Å². The molecular weight excluding hydrogens is 366 g/mol. The molecule has 0 bridgehead atoms. The van der Waals surface area contributed by atoms with E-state index < -0.39 is 5.91 Å². The molecule has 0 radical (unpaired) electrons.